The molecule has 4 heteroatoms. The van der Waals surface area contributed by atoms with E-state index < -0.39 is 0 Å². The molecule has 4 nitrogen and oxygen atoms in total. The smallest absolute Gasteiger partial charge is 0.135 e. The Hall–Kier alpha value is -7.43. The molecule has 0 saturated heterocycles. The first kappa shape index (κ1) is 31.9. The van der Waals surface area contributed by atoms with Gasteiger partial charge < -0.3 is 13.9 Å². The summed E-state index contributed by atoms with van der Waals surface area (Å²) in [6, 6.07) is 61.4. The Kier molecular flexibility index (Phi) is 7.02. The van der Waals surface area contributed by atoms with Crippen molar-refractivity contribution in [3.05, 3.63) is 206 Å². The summed E-state index contributed by atoms with van der Waals surface area (Å²) < 4.78 is 8.71. The van der Waals surface area contributed by atoms with Gasteiger partial charge in [0.2, 0.25) is 0 Å². The maximum absolute atomic E-state index is 6.33. The van der Waals surface area contributed by atoms with Crippen LogP contribution in [-0.4, -0.2) is 15.6 Å². The van der Waals surface area contributed by atoms with E-state index in [0.717, 1.165) is 66.8 Å². The van der Waals surface area contributed by atoms with E-state index in [1.54, 1.807) is 0 Å². The highest BCUT2D eigenvalue weighted by Gasteiger charge is 2.38. The number of benzene rings is 7. The first-order valence-electron chi connectivity index (χ1n) is 19.6. The monoisotopic (exact) mass is 729 g/mol. The number of fused-ring (bicyclic) bond motifs is 9. The average molecular weight is 730 g/mol. The minimum absolute atomic E-state index is 0.134. The van der Waals surface area contributed by atoms with Crippen molar-refractivity contribution in [1.82, 2.24) is 9.55 Å². The maximum atomic E-state index is 6.33. The highest BCUT2D eigenvalue weighted by Crippen LogP contribution is 2.52. The van der Waals surface area contributed by atoms with Gasteiger partial charge in [-0.1, -0.05) is 115 Å². The van der Waals surface area contributed by atoms with Crippen molar-refractivity contribution < 1.29 is 4.42 Å². The van der Waals surface area contributed by atoms with Crippen LogP contribution >= 0.6 is 0 Å². The summed E-state index contributed by atoms with van der Waals surface area (Å²) >= 11 is 0. The van der Waals surface area contributed by atoms with Crippen LogP contribution in [0.4, 0.5) is 11.4 Å². The summed E-state index contributed by atoms with van der Waals surface area (Å²) in [6.45, 7) is 0. The fourth-order valence-electron chi connectivity index (χ4n) is 9.45. The number of aromatic nitrogens is 2. The first-order chi connectivity index (χ1) is 28.3. The summed E-state index contributed by atoms with van der Waals surface area (Å²) in [5.74, 6) is 0.254. The van der Waals surface area contributed by atoms with Crippen molar-refractivity contribution in [3.63, 3.8) is 0 Å². The molecular weight excluding hydrogens is 695 g/mol. The molecule has 2 unspecified atom stereocenters. The van der Waals surface area contributed by atoms with Gasteiger partial charge in [-0.05, 0) is 107 Å². The number of para-hydroxylation sites is 4. The third-order valence-corrected chi connectivity index (χ3v) is 12.0. The Labute approximate surface area is 329 Å². The molecule has 0 saturated carbocycles. The van der Waals surface area contributed by atoms with E-state index in [0.29, 0.717) is 0 Å². The van der Waals surface area contributed by atoms with E-state index in [1.807, 2.05) is 18.3 Å². The molecule has 7 aromatic carbocycles. The fourth-order valence-corrected chi connectivity index (χ4v) is 9.45. The number of anilines is 2. The minimum atomic E-state index is 0.134. The number of furan rings is 1. The quantitative estimate of drug-likeness (QED) is 0.177. The lowest BCUT2D eigenvalue weighted by atomic mass is 9.88. The van der Waals surface area contributed by atoms with Crippen LogP contribution in [0.1, 0.15) is 11.5 Å². The van der Waals surface area contributed by atoms with Gasteiger partial charge in [-0.2, -0.15) is 0 Å². The molecule has 12 rings (SSSR count). The number of hydrogen-bond donors (Lipinski definition) is 0. The third-order valence-electron chi connectivity index (χ3n) is 12.0. The molecule has 268 valence electrons. The van der Waals surface area contributed by atoms with Crippen molar-refractivity contribution in [3.8, 4) is 39.2 Å². The molecule has 10 aromatic rings. The van der Waals surface area contributed by atoms with Gasteiger partial charge in [0, 0.05) is 50.6 Å². The van der Waals surface area contributed by atoms with E-state index >= 15 is 0 Å². The maximum Gasteiger partial charge on any atom is 0.135 e. The Morgan fingerprint density at radius 3 is 2.07 bits per heavy atom. The molecule has 57 heavy (non-hydrogen) atoms. The molecule has 1 aliphatic heterocycles. The molecule has 2 aliphatic rings. The minimum Gasteiger partial charge on any atom is -0.456 e. The van der Waals surface area contributed by atoms with Gasteiger partial charge in [-0.3, -0.25) is 4.98 Å². The van der Waals surface area contributed by atoms with Crippen molar-refractivity contribution in [2.45, 2.75) is 12.0 Å². The summed E-state index contributed by atoms with van der Waals surface area (Å²) in [6.07, 6.45) is 11.0. The van der Waals surface area contributed by atoms with E-state index in [1.165, 1.54) is 33.1 Å². The molecular formula is C53H35N3O. The van der Waals surface area contributed by atoms with Crippen molar-refractivity contribution >= 4 is 55.1 Å². The molecule has 4 heterocycles. The SMILES string of the molecule is C1=CC2c3ccccc3N(c3cc(-c4ccc5oc6ccccc6c5c4)c(-c4ccc5c(c4)c4ccccc4n5-c4ccccc4)cc3-c3ccccn3)C2C=C1. The van der Waals surface area contributed by atoms with Crippen LogP contribution in [0.5, 0.6) is 0 Å². The largest absolute Gasteiger partial charge is 0.456 e. The van der Waals surface area contributed by atoms with Crippen molar-refractivity contribution in [2.24, 2.45) is 0 Å². The molecule has 1 aliphatic carbocycles. The summed E-state index contributed by atoms with van der Waals surface area (Å²) in [7, 11) is 0. The van der Waals surface area contributed by atoms with Gasteiger partial charge >= 0.3 is 0 Å². The second kappa shape index (κ2) is 12.6. The molecule has 0 amide bonds. The van der Waals surface area contributed by atoms with Crippen LogP contribution in [-0.2, 0) is 0 Å². The van der Waals surface area contributed by atoms with Crippen molar-refractivity contribution in [2.75, 3.05) is 4.90 Å². The number of rotatable bonds is 5. The van der Waals surface area contributed by atoms with Crippen LogP contribution in [0.3, 0.4) is 0 Å². The zero-order valence-electron chi connectivity index (χ0n) is 31.0. The Balaban J connectivity index is 1.16. The van der Waals surface area contributed by atoms with Gasteiger partial charge in [0.1, 0.15) is 11.2 Å². The lowest BCUT2D eigenvalue weighted by Crippen LogP contribution is -2.29. The van der Waals surface area contributed by atoms with E-state index in [4.69, 9.17) is 9.40 Å². The molecule has 0 fully saturated rings. The van der Waals surface area contributed by atoms with E-state index in [-0.39, 0.29) is 12.0 Å². The lowest BCUT2D eigenvalue weighted by molar-refractivity contribution is 0.669. The summed E-state index contributed by atoms with van der Waals surface area (Å²) in [5.41, 5.74) is 15.6. The van der Waals surface area contributed by atoms with E-state index in [9.17, 15) is 0 Å². The lowest BCUT2D eigenvalue weighted by Gasteiger charge is -2.31. The van der Waals surface area contributed by atoms with Crippen LogP contribution in [0.25, 0.3) is 82.9 Å². The Morgan fingerprint density at radius 2 is 1.18 bits per heavy atom. The third kappa shape index (κ3) is 4.90. The van der Waals surface area contributed by atoms with E-state index in [2.05, 4.69) is 191 Å². The topological polar surface area (TPSA) is 34.2 Å². The standard InChI is InChI=1S/C53H35N3O/c1-2-14-36(15-3-1)55-47-21-8-6-18-39(47)43-30-34(25-27-50(43)55)41-32-45(46-20-12-13-29-54-46)51(56-48-22-9-4-16-37(48)38-17-5-10-23-49(38)56)33-42(41)35-26-28-53-44(31-35)40-19-7-11-24-52(40)57-53/h1-33,37,48H. The predicted octanol–water partition coefficient (Wildman–Crippen LogP) is 13.8. The molecule has 2 atom stereocenters. The van der Waals surface area contributed by atoms with Gasteiger partial charge in [-0.15, -0.1) is 0 Å². The molecule has 3 aromatic heterocycles. The van der Waals surface area contributed by atoms with Gasteiger partial charge in [0.25, 0.3) is 0 Å². The molecule has 0 radical (unpaired) electrons. The zero-order valence-corrected chi connectivity index (χ0v) is 31.0. The Morgan fingerprint density at radius 1 is 0.474 bits per heavy atom. The normalized spacial score (nSPS) is 15.9. The van der Waals surface area contributed by atoms with Crippen LogP contribution in [0, 0.1) is 0 Å². The Bertz CT molecular complexity index is 3260. The van der Waals surface area contributed by atoms with Crippen molar-refractivity contribution in [1.29, 1.82) is 0 Å². The highest BCUT2D eigenvalue weighted by molar-refractivity contribution is 6.12. The number of hydrogen-bond acceptors (Lipinski definition) is 3. The molecule has 0 bridgehead atoms. The molecule has 0 N–H and O–H groups in total. The van der Waals surface area contributed by atoms with Crippen LogP contribution in [0.2, 0.25) is 0 Å². The second-order valence-corrected chi connectivity index (χ2v) is 15.1. The predicted molar refractivity (Wildman–Crippen MR) is 236 cm³/mol. The highest BCUT2D eigenvalue weighted by atomic mass is 16.3. The number of allylic oxidation sites excluding steroid dienone is 2. The molecule has 0 spiro atoms. The summed E-state index contributed by atoms with van der Waals surface area (Å²) in [4.78, 5) is 7.54. The van der Waals surface area contributed by atoms with Gasteiger partial charge in [0.15, 0.2) is 0 Å². The number of pyridine rings is 1. The zero-order chi connectivity index (χ0) is 37.5. The van der Waals surface area contributed by atoms with Gasteiger partial charge in [0.05, 0.1) is 28.5 Å². The second-order valence-electron chi connectivity index (χ2n) is 15.1. The van der Waals surface area contributed by atoms with Crippen LogP contribution < -0.4 is 4.90 Å². The first-order valence-corrected chi connectivity index (χ1v) is 19.6. The fraction of sp³-hybridized carbons (Fsp3) is 0.0377. The number of nitrogens with zero attached hydrogens (tertiary/aromatic N) is 3. The van der Waals surface area contributed by atoms with Gasteiger partial charge in [-0.25, -0.2) is 0 Å². The average Bonchev–Trinajstić information content (AvgIpc) is 3.94. The summed E-state index contributed by atoms with van der Waals surface area (Å²) in [5, 5.41) is 4.67. The van der Waals surface area contributed by atoms with Crippen LogP contribution in [0.15, 0.2) is 205 Å².